The Labute approximate surface area is 168 Å². The number of amides is 2. The van der Waals surface area contributed by atoms with Gasteiger partial charge in [0.1, 0.15) is 11.5 Å². The van der Waals surface area contributed by atoms with Gasteiger partial charge in [-0.1, -0.05) is 42.8 Å². The molecule has 0 aliphatic carbocycles. The summed E-state index contributed by atoms with van der Waals surface area (Å²) in [6, 6.07) is 12.7. The topological polar surface area (TPSA) is 40.6 Å². The quantitative estimate of drug-likeness (QED) is 0.715. The van der Waals surface area contributed by atoms with Crippen LogP contribution in [0.1, 0.15) is 25.3 Å². The number of carbonyl (C=O) groups is 2. The molecule has 0 atom stereocenters. The molecular weight excluding hydrogens is 379 g/mol. The zero-order chi connectivity index (χ0) is 19.8. The van der Waals surface area contributed by atoms with Gasteiger partial charge in [0, 0.05) is 18.1 Å². The van der Waals surface area contributed by atoms with Gasteiger partial charge in [0.25, 0.3) is 11.8 Å². The summed E-state index contributed by atoms with van der Waals surface area (Å²) in [7, 11) is 0. The van der Waals surface area contributed by atoms with Crippen molar-refractivity contribution in [1.82, 2.24) is 4.90 Å². The first-order chi connectivity index (χ1) is 13.5. The van der Waals surface area contributed by atoms with Crippen LogP contribution in [0.15, 0.2) is 54.2 Å². The molecule has 2 aliphatic rings. The van der Waals surface area contributed by atoms with Crippen molar-refractivity contribution in [1.29, 1.82) is 0 Å². The van der Waals surface area contributed by atoms with Crippen molar-refractivity contribution in [3.05, 3.63) is 70.6 Å². The summed E-state index contributed by atoms with van der Waals surface area (Å²) in [4.78, 5) is 29.5. The number of nitrogens with zero attached hydrogens (tertiary/aromatic N) is 2. The maximum Gasteiger partial charge on any atom is 0.282 e. The highest BCUT2D eigenvalue weighted by Gasteiger charge is 2.43. The minimum Gasteiger partial charge on any atom is -0.366 e. The van der Waals surface area contributed by atoms with Crippen molar-refractivity contribution in [3.63, 3.8) is 0 Å². The Morgan fingerprint density at radius 3 is 2.25 bits per heavy atom. The summed E-state index contributed by atoms with van der Waals surface area (Å²) in [5.41, 5.74) is 1.24. The van der Waals surface area contributed by atoms with Crippen molar-refractivity contribution >= 4 is 34.7 Å². The van der Waals surface area contributed by atoms with Crippen LogP contribution in [-0.2, 0) is 9.59 Å². The Balaban J connectivity index is 1.82. The molecule has 0 N–H and O–H groups in total. The molecule has 1 fully saturated rings. The van der Waals surface area contributed by atoms with Crippen LogP contribution in [0.5, 0.6) is 0 Å². The highest BCUT2D eigenvalue weighted by molar-refractivity contribution is 6.45. The molecule has 0 aromatic heterocycles. The highest BCUT2D eigenvalue weighted by Crippen LogP contribution is 2.37. The third-order valence-electron chi connectivity index (χ3n) is 5.39. The zero-order valence-corrected chi connectivity index (χ0v) is 16.2. The standard InChI is InChI=1S/C22H20ClFN2O2/c1-14-10-12-25(13-11-14)20-19(15-6-8-16(23)9-7-15)21(27)26(22(20)28)18-5-3-2-4-17(18)24/h2-9,14H,10-13H2,1H3. The van der Waals surface area contributed by atoms with E-state index in [2.05, 4.69) is 6.92 Å². The van der Waals surface area contributed by atoms with Crippen molar-refractivity contribution in [3.8, 4) is 0 Å². The Bertz CT molecular complexity index is 963. The van der Waals surface area contributed by atoms with Gasteiger partial charge in [-0.15, -0.1) is 0 Å². The van der Waals surface area contributed by atoms with E-state index in [-0.39, 0.29) is 5.69 Å². The normalized spacial score (nSPS) is 18.4. The third-order valence-corrected chi connectivity index (χ3v) is 5.64. The number of anilines is 1. The van der Waals surface area contributed by atoms with E-state index in [9.17, 15) is 14.0 Å². The van der Waals surface area contributed by atoms with Crippen molar-refractivity contribution in [2.45, 2.75) is 19.8 Å². The first kappa shape index (κ1) is 18.7. The van der Waals surface area contributed by atoms with E-state index in [1.54, 1.807) is 30.3 Å². The highest BCUT2D eigenvalue weighted by atomic mass is 35.5. The van der Waals surface area contributed by atoms with Crippen LogP contribution in [0.4, 0.5) is 10.1 Å². The van der Waals surface area contributed by atoms with Crippen molar-refractivity contribution in [2.75, 3.05) is 18.0 Å². The molecule has 0 bridgehead atoms. The molecule has 0 radical (unpaired) electrons. The van der Waals surface area contributed by atoms with E-state index >= 15 is 0 Å². The van der Waals surface area contributed by atoms with Gasteiger partial charge in [0.05, 0.1) is 11.3 Å². The Morgan fingerprint density at radius 1 is 0.964 bits per heavy atom. The average molecular weight is 399 g/mol. The SMILES string of the molecule is CC1CCN(C2=C(c3ccc(Cl)cc3)C(=O)N(c3ccccc3F)C2=O)CC1. The van der Waals surface area contributed by atoms with Gasteiger partial charge < -0.3 is 4.90 Å². The summed E-state index contributed by atoms with van der Waals surface area (Å²) in [5.74, 6) is -1.01. The maximum absolute atomic E-state index is 14.4. The summed E-state index contributed by atoms with van der Waals surface area (Å²) < 4.78 is 14.4. The lowest BCUT2D eigenvalue weighted by Crippen LogP contribution is -2.38. The van der Waals surface area contributed by atoms with Crippen molar-refractivity contribution in [2.24, 2.45) is 5.92 Å². The number of likely N-dealkylation sites (tertiary alicyclic amines) is 1. The number of halogens is 2. The fraction of sp³-hybridized carbons (Fsp3) is 0.273. The molecule has 4 rings (SSSR count). The average Bonchev–Trinajstić information content (AvgIpc) is 2.94. The fourth-order valence-corrected chi connectivity index (χ4v) is 3.90. The molecule has 2 aromatic rings. The number of imide groups is 1. The minimum absolute atomic E-state index is 0.0238. The Kier molecular flexibility index (Phi) is 4.94. The van der Waals surface area contributed by atoms with E-state index in [0.717, 1.165) is 17.7 Å². The van der Waals surface area contributed by atoms with Crippen LogP contribution in [0.3, 0.4) is 0 Å². The van der Waals surface area contributed by atoms with Crippen molar-refractivity contribution < 1.29 is 14.0 Å². The van der Waals surface area contributed by atoms with E-state index in [1.807, 2.05) is 4.90 Å². The zero-order valence-electron chi connectivity index (χ0n) is 15.5. The van der Waals surface area contributed by atoms with E-state index < -0.39 is 17.6 Å². The van der Waals surface area contributed by atoms with Crippen LogP contribution in [0, 0.1) is 11.7 Å². The van der Waals surface area contributed by atoms with Crippen LogP contribution >= 0.6 is 11.6 Å². The second-order valence-corrected chi connectivity index (χ2v) is 7.73. The maximum atomic E-state index is 14.4. The van der Waals surface area contributed by atoms with Gasteiger partial charge in [0.2, 0.25) is 0 Å². The van der Waals surface area contributed by atoms with E-state index in [4.69, 9.17) is 11.6 Å². The first-order valence-corrected chi connectivity index (χ1v) is 9.73. The molecule has 144 valence electrons. The predicted octanol–water partition coefficient (Wildman–Crippen LogP) is 4.50. The first-order valence-electron chi connectivity index (χ1n) is 9.36. The number of benzene rings is 2. The molecule has 2 aliphatic heterocycles. The second kappa shape index (κ2) is 7.40. The molecular formula is C22H20ClFN2O2. The van der Waals surface area contributed by atoms with Gasteiger partial charge in [-0.25, -0.2) is 9.29 Å². The molecule has 6 heteroatoms. The van der Waals surface area contributed by atoms with E-state index in [0.29, 0.717) is 40.9 Å². The molecule has 2 amide bonds. The summed E-state index contributed by atoms with van der Waals surface area (Å²) in [6.45, 7) is 3.56. The number of hydrogen-bond donors (Lipinski definition) is 0. The summed E-state index contributed by atoms with van der Waals surface area (Å²) in [6.07, 6.45) is 1.89. The molecule has 0 saturated carbocycles. The van der Waals surface area contributed by atoms with Crippen LogP contribution in [0.2, 0.25) is 5.02 Å². The number of para-hydroxylation sites is 1. The van der Waals surface area contributed by atoms with Gasteiger partial charge in [-0.3, -0.25) is 9.59 Å². The smallest absolute Gasteiger partial charge is 0.282 e. The largest absolute Gasteiger partial charge is 0.366 e. The minimum atomic E-state index is -0.604. The summed E-state index contributed by atoms with van der Waals surface area (Å²) in [5, 5.41) is 0.542. The lowest BCUT2D eigenvalue weighted by Gasteiger charge is -2.32. The molecule has 4 nitrogen and oxygen atoms in total. The van der Waals surface area contributed by atoms with Crippen LogP contribution in [0.25, 0.3) is 5.57 Å². The number of rotatable bonds is 3. The number of hydrogen-bond acceptors (Lipinski definition) is 3. The number of carbonyl (C=O) groups excluding carboxylic acids is 2. The summed E-state index contributed by atoms with van der Waals surface area (Å²) >= 11 is 5.99. The van der Waals surface area contributed by atoms with Gasteiger partial charge in [0.15, 0.2) is 0 Å². The second-order valence-electron chi connectivity index (χ2n) is 7.30. The fourth-order valence-electron chi connectivity index (χ4n) is 3.77. The van der Waals surface area contributed by atoms with Crippen LogP contribution < -0.4 is 4.90 Å². The molecule has 0 unspecified atom stereocenters. The lowest BCUT2D eigenvalue weighted by molar-refractivity contribution is -0.120. The van der Waals surface area contributed by atoms with Gasteiger partial charge in [-0.05, 0) is 48.6 Å². The predicted molar refractivity (Wildman–Crippen MR) is 107 cm³/mol. The molecule has 2 heterocycles. The third kappa shape index (κ3) is 3.20. The van der Waals surface area contributed by atoms with Crippen LogP contribution in [-0.4, -0.2) is 29.8 Å². The lowest BCUT2D eigenvalue weighted by atomic mass is 9.97. The molecule has 2 aromatic carbocycles. The van der Waals surface area contributed by atoms with E-state index in [1.165, 1.54) is 18.2 Å². The molecule has 28 heavy (non-hydrogen) atoms. The monoisotopic (exact) mass is 398 g/mol. The van der Waals surface area contributed by atoms with Gasteiger partial charge >= 0.3 is 0 Å². The Morgan fingerprint density at radius 2 is 1.61 bits per heavy atom. The molecule has 1 saturated heterocycles. The van der Waals surface area contributed by atoms with Gasteiger partial charge in [-0.2, -0.15) is 0 Å². The molecule has 0 spiro atoms. The number of piperidine rings is 1. The Hall–Kier alpha value is -2.66.